The Morgan fingerprint density at radius 1 is 1.18 bits per heavy atom. The molecule has 0 aromatic heterocycles. The van der Waals surface area contributed by atoms with Crippen molar-refractivity contribution >= 4 is 33.2 Å². The fraction of sp³-hybridized carbons (Fsp3) is 0.381. The Morgan fingerprint density at radius 3 is 2.57 bits per heavy atom. The number of rotatable bonds is 6. The molecule has 5 nitrogen and oxygen atoms in total. The van der Waals surface area contributed by atoms with Crippen LogP contribution in [0, 0.1) is 5.92 Å². The number of fused-ring (bicyclic) bond motifs is 1. The third kappa shape index (κ3) is 3.95. The molecule has 0 radical (unpaired) electrons. The Balaban J connectivity index is 1.46. The minimum atomic E-state index is -3.60. The van der Waals surface area contributed by atoms with Gasteiger partial charge in [0.1, 0.15) is 0 Å². The van der Waals surface area contributed by atoms with Crippen molar-refractivity contribution in [2.24, 2.45) is 5.92 Å². The van der Waals surface area contributed by atoms with Gasteiger partial charge in [0.15, 0.2) is 0 Å². The molecule has 1 fully saturated rings. The molecule has 1 saturated carbocycles. The van der Waals surface area contributed by atoms with Gasteiger partial charge in [-0.2, -0.15) is 0 Å². The molecule has 7 heteroatoms. The van der Waals surface area contributed by atoms with Crippen LogP contribution in [0.2, 0.25) is 5.02 Å². The zero-order valence-electron chi connectivity index (χ0n) is 15.7. The third-order valence-corrected chi connectivity index (χ3v) is 7.07. The summed E-state index contributed by atoms with van der Waals surface area (Å²) in [5.41, 5.74) is 2.79. The van der Waals surface area contributed by atoms with Crippen molar-refractivity contribution in [2.45, 2.75) is 43.5 Å². The van der Waals surface area contributed by atoms with Crippen LogP contribution in [0.1, 0.15) is 30.9 Å². The minimum absolute atomic E-state index is 0.0684. The maximum Gasteiger partial charge on any atom is 0.240 e. The van der Waals surface area contributed by atoms with Crippen LogP contribution in [0.5, 0.6) is 0 Å². The molecule has 2 aromatic carbocycles. The van der Waals surface area contributed by atoms with Crippen LogP contribution in [0.25, 0.3) is 0 Å². The van der Waals surface area contributed by atoms with Gasteiger partial charge in [-0.15, -0.1) is 0 Å². The molecule has 1 amide bonds. The van der Waals surface area contributed by atoms with Crippen molar-refractivity contribution in [3.8, 4) is 0 Å². The van der Waals surface area contributed by atoms with Crippen molar-refractivity contribution in [3.63, 3.8) is 0 Å². The van der Waals surface area contributed by atoms with E-state index in [1.165, 1.54) is 0 Å². The van der Waals surface area contributed by atoms with Crippen molar-refractivity contribution in [1.82, 2.24) is 4.72 Å². The number of nitrogens with one attached hydrogen (secondary N) is 1. The zero-order valence-corrected chi connectivity index (χ0v) is 17.3. The van der Waals surface area contributed by atoms with Crippen molar-refractivity contribution in [1.29, 1.82) is 0 Å². The first kappa shape index (κ1) is 19.4. The first-order chi connectivity index (χ1) is 13.3. The molecular formula is C21H23ClN2O3S. The first-order valence-electron chi connectivity index (χ1n) is 9.55. The van der Waals surface area contributed by atoms with Gasteiger partial charge in [0.2, 0.25) is 15.9 Å². The summed E-state index contributed by atoms with van der Waals surface area (Å²) >= 11 is 5.87. The van der Waals surface area contributed by atoms with Crippen LogP contribution in [-0.4, -0.2) is 26.9 Å². The number of nitrogens with zero attached hydrogens (tertiary/aromatic N) is 1. The Labute approximate surface area is 170 Å². The number of carbonyl (C=O) groups is 1. The highest BCUT2D eigenvalue weighted by Crippen LogP contribution is 2.39. The van der Waals surface area contributed by atoms with E-state index in [2.05, 4.69) is 4.72 Å². The number of hydrogen-bond acceptors (Lipinski definition) is 3. The average Bonchev–Trinajstić information content (AvgIpc) is 3.45. The molecule has 2 aliphatic rings. The van der Waals surface area contributed by atoms with Crippen LogP contribution in [0.15, 0.2) is 47.4 Å². The second-order valence-electron chi connectivity index (χ2n) is 7.60. The third-order valence-electron chi connectivity index (χ3n) is 5.36. The Morgan fingerprint density at radius 2 is 1.89 bits per heavy atom. The molecule has 0 bridgehead atoms. The number of halogens is 1. The van der Waals surface area contributed by atoms with Crippen LogP contribution in [0.3, 0.4) is 0 Å². The topological polar surface area (TPSA) is 66.5 Å². The molecule has 148 valence electrons. The number of hydrogen-bond donors (Lipinski definition) is 1. The number of anilines is 1. The highest BCUT2D eigenvalue weighted by Gasteiger charge is 2.39. The summed E-state index contributed by atoms with van der Waals surface area (Å²) in [4.78, 5) is 14.6. The molecule has 2 aromatic rings. The second kappa shape index (κ2) is 7.50. The number of amides is 1. The lowest BCUT2D eigenvalue weighted by molar-refractivity contribution is -0.120. The molecule has 1 N–H and O–H groups in total. The van der Waals surface area contributed by atoms with Gasteiger partial charge in [0.05, 0.1) is 4.90 Å². The summed E-state index contributed by atoms with van der Waals surface area (Å²) in [7, 11) is -3.60. The number of carbonyl (C=O) groups excluding carboxylic acids is 1. The van der Waals surface area contributed by atoms with Gasteiger partial charge < -0.3 is 4.90 Å². The zero-order chi connectivity index (χ0) is 19.9. The van der Waals surface area contributed by atoms with E-state index in [-0.39, 0.29) is 22.8 Å². The summed E-state index contributed by atoms with van der Waals surface area (Å²) in [6.45, 7) is 2.32. The van der Waals surface area contributed by atoms with Crippen LogP contribution in [0.4, 0.5) is 5.69 Å². The lowest BCUT2D eigenvalue weighted by Gasteiger charge is -2.22. The van der Waals surface area contributed by atoms with Gasteiger partial charge in [0.25, 0.3) is 0 Å². The average molecular weight is 419 g/mol. The lowest BCUT2D eigenvalue weighted by Crippen LogP contribution is -2.36. The van der Waals surface area contributed by atoms with E-state index in [9.17, 15) is 13.2 Å². The molecule has 1 aliphatic carbocycles. The smallest absolute Gasteiger partial charge is 0.240 e. The van der Waals surface area contributed by atoms with Gasteiger partial charge in [0, 0.05) is 29.2 Å². The first-order valence-corrected chi connectivity index (χ1v) is 11.4. The molecular weight excluding hydrogens is 396 g/mol. The number of benzene rings is 2. The van der Waals surface area contributed by atoms with Crippen molar-refractivity contribution in [2.75, 3.05) is 11.4 Å². The van der Waals surface area contributed by atoms with Crippen molar-refractivity contribution in [3.05, 3.63) is 58.6 Å². The molecule has 1 aliphatic heterocycles. The van der Waals surface area contributed by atoms with E-state index in [0.717, 1.165) is 29.7 Å². The maximum atomic E-state index is 12.7. The van der Waals surface area contributed by atoms with E-state index in [0.29, 0.717) is 24.4 Å². The monoisotopic (exact) mass is 418 g/mol. The lowest BCUT2D eigenvalue weighted by atomic mass is 10.1. The molecule has 1 atom stereocenters. The molecule has 0 unspecified atom stereocenters. The normalized spacial score (nSPS) is 18.9. The van der Waals surface area contributed by atoms with Crippen LogP contribution in [-0.2, 0) is 27.7 Å². The van der Waals surface area contributed by atoms with Gasteiger partial charge in [-0.05, 0) is 74.1 Å². The Kier molecular flexibility index (Phi) is 5.21. The van der Waals surface area contributed by atoms with Gasteiger partial charge in [-0.25, -0.2) is 13.1 Å². The summed E-state index contributed by atoms with van der Waals surface area (Å²) in [6.07, 6.45) is 3.19. The Hall–Kier alpha value is -1.89. The standard InChI is InChI=1S/C21H23ClN2O3S/c1-14-12-17-13-19(8-9-20(17)24(14)21(25)16-4-5-16)28(26,27)23-11-10-15-2-6-18(22)7-3-15/h2-3,6-9,13-14,16,23H,4-5,10-12H2,1H3/t14-/m0/s1. The van der Waals surface area contributed by atoms with Gasteiger partial charge in [-0.3, -0.25) is 4.79 Å². The summed E-state index contributed by atoms with van der Waals surface area (Å²) in [5, 5.41) is 0.658. The Bertz CT molecular complexity index is 1000. The summed E-state index contributed by atoms with van der Waals surface area (Å²) < 4.78 is 28.0. The highest BCUT2D eigenvalue weighted by molar-refractivity contribution is 7.89. The van der Waals surface area contributed by atoms with E-state index >= 15 is 0 Å². The molecule has 4 rings (SSSR count). The van der Waals surface area contributed by atoms with Gasteiger partial charge >= 0.3 is 0 Å². The van der Waals surface area contributed by atoms with Crippen LogP contribution < -0.4 is 9.62 Å². The van der Waals surface area contributed by atoms with Crippen LogP contribution >= 0.6 is 11.6 Å². The maximum absolute atomic E-state index is 12.7. The van der Waals surface area contributed by atoms with E-state index in [1.807, 2.05) is 24.0 Å². The van der Waals surface area contributed by atoms with E-state index in [1.54, 1.807) is 30.3 Å². The van der Waals surface area contributed by atoms with Crippen molar-refractivity contribution < 1.29 is 13.2 Å². The van der Waals surface area contributed by atoms with E-state index in [4.69, 9.17) is 11.6 Å². The predicted molar refractivity (Wildman–Crippen MR) is 110 cm³/mol. The largest absolute Gasteiger partial charge is 0.309 e. The fourth-order valence-corrected chi connectivity index (χ4v) is 4.91. The summed E-state index contributed by atoms with van der Waals surface area (Å²) in [6, 6.07) is 12.5. The highest BCUT2D eigenvalue weighted by atomic mass is 35.5. The summed E-state index contributed by atoms with van der Waals surface area (Å²) in [5.74, 6) is 0.314. The van der Waals surface area contributed by atoms with E-state index < -0.39 is 10.0 Å². The molecule has 0 spiro atoms. The number of sulfonamides is 1. The SMILES string of the molecule is C[C@H]1Cc2cc(S(=O)(=O)NCCc3ccc(Cl)cc3)ccc2N1C(=O)C1CC1. The predicted octanol–water partition coefficient (Wildman–Crippen LogP) is 3.55. The molecule has 28 heavy (non-hydrogen) atoms. The molecule has 1 heterocycles. The molecule has 0 saturated heterocycles. The van der Waals surface area contributed by atoms with Gasteiger partial charge in [-0.1, -0.05) is 23.7 Å². The second-order valence-corrected chi connectivity index (χ2v) is 9.80. The fourth-order valence-electron chi connectivity index (χ4n) is 3.70. The minimum Gasteiger partial charge on any atom is -0.309 e. The quantitative estimate of drug-likeness (QED) is 0.780.